The van der Waals surface area contributed by atoms with Gasteiger partial charge in [-0.15, -0.1) is 0 Å². The highest BCUT2D eigenvalue weighted by molar-refractivity contribution is 6.13. The van der Waals surface area contributed by atoms with Crippen LogP contribution in [-0.4, -0.2) is 25.4 Å². The number of phenolic OH excluding ortho intramolecular Hbond substituents is 4. The molecule has 5 N–H and O–H groups in total. The Balaban J connectivity index is 2.60. The van der Waals surface area contributed by atoms with Gasteiger partial charge in [0.05, 0.1) is 21.8 Å². The number of aromatic amines is 1. The molecule has 0 aliphatic carbocycles. The fourth-order valence-electron chi connectivity index (χ4n) is 2.09. The molecule has 3 aromatic rings. The molecule has 0 amide bonds. The Morgan fingerprint density at radius 2 is 1.06 bits per heavy atom. The largest absolute Gasteiger partial charge is 0.508 e. The molecule has 1 aromatic heterocycles. The van der Waals surface area contributed by atoms with Crippen LogP contribution in [0.1, 0.15) is 0 Å². The van der Waals surface area contributed by atoms with Crippen molar-refractivity contribution < 1.29 is 20.4 Å². The summed E-state index contributed by atoms with van der Waals surface area (Å²) < 4.78 is 0. The first kappa shape index (κ1) is 9.65. The van der Waals surface area contributed by atoms with Crippen molar-refractivity contribution >= 4 is 21.8 Å². The lowest BCUT2D eigenvalue weighted by Gasteiger charge is -2.00. The van der Waals surface area contributed by atoms with Crippen molar-refractivity contribution in [3.05, 3.63) is 24.3 Å². The molecule has 0 bridgehead atoms. The average Bonchev–Trinajstić information content (AvgIpc) is 2.55. The van der Waals surface area contributed by atoms with Gasteiger partial charge >= 0.3 is 0 Å². The summed E-state index contributed by atoms with van der Waals surface area (Å²) in [5.74, 6) is -0.421. The summed E-state index contributed by atoms with van der Waals surface area (Å²) in [6, 6.07) is 5.26. The molecular formula is C12H9NO4. The van der Waals surface area contributed by atoms with E-state index in [1.807, 2.05) is 0 Å². The molecule has 0 saturated carbocycles. The quantitative estimate of drug-likeness (QED) is 0.409. The molecule has 0 spiro atoms. The molecule has 17 heavy (non-hydrogen) atoms. The standard InChI is InChI=1S/C12H9NO4/c14-5-1-7-11(9(16)3-5)12-8(13-7)2-6(15)4-10(12)17/h1-4,13-17H. The Kier molecular flexibility index (Phi) is 1.69. The highest BCUT2D eigenvalue weighted by atomic mass is 16.3. The van der Waals surface area contributed by atoms with Gasteiger partial charge in [-0.05, 0) is 0 Å². The second-order valence-electron chi connectivity index (χ2n) is 3.90. The van der Waals surface area contributed by atoms with Crippen LogP contribution in [0.5, 0.6) is 23.0 Å². The number of nitrogens with one attached hydrogen (secondary N) is 1. The summed E-state index contributed by atoms with van der Waals surface area (Å²) in [5.41, 5.74) is 0.969. The average molecular weight is 231 g/mol. The number of rotatable bonds is 0. The van der Waals surface area contributed by atoms with Crippen molar-refractivity contribution in [2.24, 2.45) is 0 Å². The van der Waals surface area contributed by atoms with Crippen LogP contribution in [0.2, 0.25) is 0 Å². The molecule has 0 aliphatic rings. The van der Waals surface area contributed by atoms with Gasteiger partial charge in [-0.2, -0.15) is 0 Å². The Bertz CT molecular complexity index is 683. The zero-order valence-corrected chi connectivity index (χ0v) is 8.60. The normalized spacial score (nSPS) is 11.3. The number of aromatic nitrogens is 1. The number of aromatic hydroxyl groups is 4. The van der Waals surface area contributed by atoms with E-state index in [4.69, 9.17) is 0 Å². The van der Waals surface area contributed by atoms with E-state index in [0.717, 1.165) is 0 Å². The molecule has 86 valence electrons. The summed E-state index contributed by atoms with van der Waals surface area (Å²) in [6.07, 6.45) is 0. The summed E-state index contributed by atoms with van der Waals surface area (Å²) in [5, 5.41) is 39.1. The molecule has 0 saturated heterocycles. The molecule has 0 radical (unpaired) electrons. The van der Waals surface area contributed by atoms with Gasteiger partial charge < -0.3 is 25.4 Å². The first-order chi connectivity index (χ1) is 8.06. The van der Waals surface area contributed by atoms with Crippen LogP contribution in [0, 0.1) is 0 Å². The van der Waals surface area contributed by atoms with E-state index in [1.165, 1.54) is 24.3 Å². The topological polar surface area (TPSA) is 96.7 Å². The van der Waals surface area contributed by atoms with E-state index in [-0.39, 0.29) is 23.0 Å². The number of H-pyrrole nitrogens is 1. The van der Waals surface area contributed by atoms with Crippen molar-refractivity contribution in [1.29, 1.82) is 0 Å². The second kappa shape index (κ2) is 2.98. The van der Waals surface area contributed by atoms with E-state index in [0.29, 0.717) is 21.8 Å². The Hall–Kier alpha value is -2.56. The minimum atomic E-state index is -0.132. The van der Waals surface area contributed by atoms with Crippen LogP contribution in [-0.2, 0) is 0 Å². The van der Waals surface area contributed by atoms with E-state index >= 15 is 0 Å². The Morgan fingerprint density at radius 1 is 0.647 bits per heavy atom. The van der Waals surface area contributed by atoms with Gasteiger partial charge in [0.25, 0.3) is 0 Å². The summed E-state index contributed by atoms with van der Waals surface area (Å²) in [6.45, 7) is 0. The van der Waals surface area contributed by atoms with Gasteiger partial charge in [-0.1, -0.05) is 0 Å². The molecule has 2 aromatic carbocycles. The Morgan fingerprint density at radius 3 is 1.47 bits per heavy atom. The zero-order valence-electron chi connectivity index (χ0n) is 8.60. The molecule has 1 heterocycles. The van der Waals surface area contributed by atoms with E-state index < -0.39 is 0 Å². The maximum absolute atomic E-state index is 9.78. The van der Waals surface area contributed by atoms with Gasteiger partial charge in [0.1, 0.15) is 23.0 Å². The van der Waals surface area contributed by atoms with Crippen molar-refractivity contribution in [3.8, 4) is 23.0 Å². The van der Waals surface area contributed by atoms with Crippen molar-refractivity contribution in [3.63, 3.8) is 0 Å². The molecule has 0 fully saturated rings. The third-order valence-corrected chi connectivity index (χ3v) is 2.72. The van der Waals surface area contributed by atoms with E-state index in [2.05, 4.69) is 4.98 Å². The van der Waals surface area contributed by atoms with E-state index in [1.54, 1.807) is 0 Å². The van der Waals surface area contributed by atoms with Crippen molar-refractivity contribution in [2.45, 2.75) is 0 Å². The zero-order chi connectivity index (χ0) is 12.2. The molecule has 0 atom stereocenters. The van der Waals surface area contributed by atoms with Crippen LogP contribution in [0.25, 0.3) is 21.8 Å². The summed E-state index contributed by atoms with van der Waals surface area (Å²) >= 11 is 0. The summed E-state index contributed by atoms with van der Waals surface area (Å²) in [7, 11) is 0. The molecule has 0 unspecified atom stereocenters. The minimum Gasteiger partial charge on any atom is -0.508 e. The fourth-order valence-corrected chi connectivity index (χ4v) is 2.09. The van der Waals surface area contributed by atoms with E-state index in [9.17, 15) is 20.4 Å². The highest BCUT2D eigenvalue weighted by Crippen LogP contribution is 2.41. The maximum atomic E-state index is 9.78. The third kappa shape index (κ3) is 1.25. The predicted octanol–water partition coefficient (Wildman–Crippen LogP) is 2.14. The number of fused-ring (bicyclic) bond motifs is 3. The number of hydrogen-bond donors (Lipinski definition) is 5. The van der Waals surface area contributed by atoms with Crippen molar-refractivity contribution in [1.82, 2.24) is 4.98 Å². The number of hydrogen-bond acceptors (Lipinski definition) is 4. The monoisotopic (exact) mass is 231 g/mol. The Labute approximate surface area is 95.2 Å². The number of phenols is 4. The van der Waals surface area contributed by atoms with Crippen molar-refractivity contribution in [2.75, 3.05) is 0 Å². The molecule has 5 nitrogen and oxygen atoms in total. The third-order valence-electron chi connectivity index (χ3n) is 2.72. The molecule has 3 rings (SSSR count). The first-order valence-electron chi connectivity index (χ1n) is 4.95. The van der Waals surface area contributed by atoms with Gasteiger partial charge in [-0.25, -0.2) is 0 Å². The van der Waals surface area contributed by atoms with Crippen LogP contribution < -0.4 is 0 Å². The van der Waals surface area contributed by atoms with Gasteiger partial charge in [0, 0.05) is 24.3 Å². The van der Waals surface area contributed by atoms with Crippen LogP contribution in [0.4, 0.5) is 0 Å². The second-order valence-corrected chi connectivity index (χ2v) is 3.90. The van der Waals surface area contributed by atoms with Crippen LogP contribution in [0.3, 0.4) is 0 Å². The SMILES string of the molecule is Oc1cc(O)c2c(c1)[nH]c1cc(O)cc(O)c12. The predicted molar refractivity (Wildman–Crippen MR) is 62.5 cm³/mol. The fraction of sp³-hybridized carbons (Fsp3) is 0. The summed E-state index contributed by atoms with van der Waals surface area (Å²) in [4.78, 5) is 2.90. The smallest absolute Gasteiger partial charge is 0.129 e. The molecule has 0 aliphatic heterocycles. The van der Waals surface area contributed by atoms with Gasteiger partial charge in [0.2, 0.25) is 0 Å². The minimum absolute atomic E-state index is 0.0785. The number of benzene rings is 2. The van der Waals surface area contributed by atoms with Gasteiger partial charge in [0.15, 0.2) is 0 Å². The highest BCUT2D eigenvalue weighted by Gasteiger charge is 2.14. The molecule has 5 heteroatoms. The maximum Gasteiger partial charge on any atom is 0.129 e. The first-order valence-corrected chi connectivity index (χ1v) is 4.95. The lowest BCUT2D eigenvalue weighted by atomic mass is 10.1. The van der Waals surface area contributed by atoms with Crippen LogP contribution >= 0.6 is 0 Å². The van der Waals surface area contributed by atoms with Gasteiger partial charge in [-0.3, -0.25) is 0 Å². The lowest BCUT2D eigenvalue weighted by molar-refractivity contribution is 0.452. The lowest BCUT2D eigenvalue weighted by Crippen LogP contribution is -1.72. The molecular weight excluding hydrogens is 222 g/mol. The van der Waals surface area contributed by atoms with Crippen LogP contribution in [0.15, 0.2) is 24.3 Å².